The van der Waals surface area contributed by atoms with Gasteiger partial charge in [-0.3, -0.25) is 4.68 Å². The van der Waals surface area contributed by atoms with Gasteiger partial charge in [-0.05, 0) is 46.1 Å². The van der Waals surface area contributed by atoms with E-state index < -0.39 is 10.0 Å². The summed E-state index contributed by atoms with van der Waals surface area (Å²) in [5.74, 6) is 0.596. The smallest absolute Gasteiger partial charge is 0.244 e. The standard InChI is InChI=1S/C14H26N4O2S/c1-10-5-6-13(9-10)17-21(19,20)14-11(2)16-18(12(14)3)8-7-15-4/h10,13,15,17H,5-9H2,1-4H3. The molecule has 1 heterocycles. The van der Waals surface area contributed by atoms with Crippen LogP contribution in [0.1, 0.15) is 37.6 Å². The van der Waals surface area contributed by atoms with Crippen LogP contribution in [-0.4, -0.2) is 37.8 Å². The van der Waals surface area contributed by atoms with Crippen LogP contribution >= 0.6 is 0 Å². The Hall–Kier alpha value is -0.920. The predicted molar refractivity (Wildman–Crippen MR) is 82.8 cm³/mol. The van der Waals surface area contributed by atoms with E-state index in [2.05, 4.69) is 22.1 Å². The van der Waals surface area contributed by atoms with Gasteiger partial charge in [-0.1, -0.05) is 6.92 Å². The highest BCUT2D eigenvalue weighted by molar-refractivity contribution is 7.89. The molecule has 1 fully saturated rings. The van der Waals surface area contributed by atoms with Crippen molar-refractivity contribution in [2.45, 2.75) is 57.5 Å². The van der Waals surface area contributed by atoms with Gasteiger partial charge in [0.15, 0.2) is 0 Å². The van der Waals surface area contributed by atoms with Crippen molar-refractivity contribution in [2.24, 2.45) is 5.92 Å². The number of rotatable bonds is 6. The van der Waals surface area contributed by atoms with Crippen LogP contribution in [0.2, 0.25) is 0 Å². The molecule has 1 aliphatic rings. The van der Waals surface area contributed by atoms with Crippen LogP contribution in [-0.2, 0) is 16.6 Å². The van der Waals surface area contributed by atoms with Gasteiger partial charge in [0.2, 0.25) is 10.0 Å². The van der Waals surface area contributed by atoms with Gasteiger partial charge < -0.3 is 5.32 Å². The van der Waals surface area contributed by atoms with Crippen LogP contribution in [0.4, 0.5) is 0 Å². The Morgan fingerprint density at radius 1 is 1.33 bits per heavy atom. The molecular formula is C14H26N4O2S. The number of nitrogens with one attached hydrogen (secondary N) is 2. The summed E-state index contributed by atoms with van der Waals surface area (Å²) in [6, 6.07) is 0.0597. The molecule has 0 saturated heterocycles. The Kier molecular flexibility index (Phi) is 5.06. The molecule has 120 valence electrons. The van der Waals surface area contributed by atoms with Gasteiger partial charge in [0.05, 0.1) is 17.9 Å². The van der Waals surface area contributed by atoms with Crippen molar-refractivity contribution in [1.29, 1.82) is 0 Å². The fourth-order valence-corrected chi connectivity index (χ4v) is 4.79. The first-order valence-corrected chi connectivity index (χ1v) is 9.04. The first-order valence-electron chi connectivity index (χ1n) is 7.56. The van der Waals surface area contributed by atoms with E-state index in [4.69, 9.17) is 0 Å². The molecule has 2 atom stereocenters. The maximum absolute atomic E-state index is 12.6. The van der Waals surface area contributed by atoms with Gasteiger partial charge >= 0.3 is 0 Å². The second kappa shape index (κ2) is 6.46. The van der Waals surface area contributed by atoms with Gasteiger partial charge in [0.1, 0.15) is 4.90 Å². The Bertz CT molecular complexity index is 594. The molecule has 6 nitrogen and oxygen atoms in total. The van der Waals surface area contributed by atoms with Crippen molar-refractivity contribution < 1.29 is 8.42 Å². The molecule has 2 unspecified atom stereocenters. The first kappa shape index (κ1) is 16.5. The molecule has 21 heavy (non-hydrogen) atoms. The van der Waals surface area contributed by atoms with Crippen molar-refractivity contribution in [3.8, 4) is 0 Å². The Labute approximate surface area is 127 Å². The molecule has 2 rings (SSSR count). The highest BCUT2D eigenvalue weighted by Crippen LogP contribution is 2.27. The van der Waals surface area contributed by atoms with Crippen molar-refractivity contribution in [3.63, 3.8) is 0 Å². The van der Waals surface area contributed by atoms with Gasteiger partial charge in [0.25, 0.3) is 0 Å². The van der Waals surface area contributed by atoms with Crippen molar-refractivity contribution in [3.05, 3.63) is 11.4 Å². The summed E-state index contributed by atoms with van der Waals surface area (Å²) in [6.07, 6.45) is 2.93. The maximum Gasteiger partial charge on any atom is 0.244 e. The van der Waals surface area contributed by atoms with Gasteiger partial charge in [-0.2, -0.15) is 5.10 Å². The molecule has 0 aromatic carbocycles. The number of hydrogen-bond acceptors (Lipinski definition) is 4. The summed E-state index contributed by atoms with van der Waals surface area (Å²) in [7, 11) is -1.62. The summed E-state index contributed by atoms with van der Waals surface area (Å²) < 4.78 is 29.9. The van der Waals surface area contributed by atoms with Gasteiger partial charge in [-0.15, -0.1) is 0 Å². The first-order chi connectivity index (χ1) is 9.85. The van der Waals surface area contributed by atoms with Crippen LogP contribution in [0.3, 0.4) is 0 Å². The topological polar surface area (TPSA) is 76.0 Å². The minimum atomic E-state index is -3.49. The lowest BCUT2D eigenvalue weighted by atomic mass is 10.1. The van der Waals surface area contributed by atoms with E-state index in [1.165, 1.54) is 0 Å². The second-order valence-corrected chi connectivity index (χ2v) is 7.71. The summed E-state index contributed by atoms with van der Waals surface area (Å²) in [6.45, 7) is 7.17. The zero-order valence-electron chi connectivity index (χ0n) is 13.3. The fourth-order valence-electron chi connectivity index (χ4n) is 3.10. The third-order valence-corrected chi connectivity index (χ3v) is 5.95. The Morgan fingerprint density at radius 2 is 2.05 bits per heavy atom. The molecule has 1 aliphatic carbocycles. The van der Waals surface area contributed by atoms with E-state index in [-0.39, 0.29) is 6.04 Å². The monoisotopic (exact) mass is 314 g/mol. The van der Waals surface area contributed by atoms with E-state index in [0.717, 1.165) is 25.8 Å². The lowest BCUT2D eigenvalue weighted by Gasteiger charge is -2.13. The summed E-state index contributed by atoms with van der Waals surface area (Å²) in [5, 5.41) is 7.41. The SMILES string of the molecule is CNCCn1nc(C)c(S(=O)(=O)NC2CCC(C)C2)c1C. The molecule has 0 bridgehead atoms. The Morgan fingerprint density at radius 3 is 2.62 bits per heavy atom. The molecule has 1 aromatic heterocycles. The van der Waals surface area contributed by atoms with Crippen LogP contribution in [0.25, 0.3) is 0 Å². The molecular weight excluding hydrogens is 288 g/mol. The van der Waals surface area contributed by atoms with Crippen LogP contribution in [0.15, 0.2) is 4.90 Å². The molecule has 0 radical (unpaired) electrons. The van der Waals surface area contributed by atoms with Crippen LogP contribution in [0, 0.1) is 19.8 Å². The molecule has 2 N–H and O–H groups in total. The maximum atomic E-state index is 12.6. The van der Waals surface area contributed by atoms with Gasteiger partial charge in [-0.25, -0.2) is 13.1 Å². The molecule has 7 heteroatoms. The minimum Gasteiger partial charge on any atom is -0.318 e. The van der Waals surface area contributed by atoms with Crippen LogP contribution < -0.4 is 10.0 Å². The highest BCUT2D eigenvalue weighted by atomic mass is 32.2. The zero-order chi connectivity index (χ0) is 15.6. The zero-order valence-corrected chi connectivity index (χ0v) is 14.1. The molecule has 0 spiro atoms. The van der Waals surface area contributed by atoms with E-state index in [1.807, 2.05) is 14.0 Å². The summed E-state index contributed by atoms with van der Waals surface area (Å²) in [4.78, 5) is 0.346. The molecule has 0 amide bonds. The van der Waals surface area contributed by atoms with E-state index in [0.29, 0.717) is 28.7 Å². The van der Waals surface area contributed by atoms with Crippen molar-refractivity contribution in [2.75, 3.05) is 13.6 Å². The number of aromatic nitrogens is 2. The van der Waals surface area contributed by atoms with E-state index in [9.17, 15) is 8.42 Å². The Balaban J connectivity index is 2.21. The van der Waals surface area contributed by atoms with E-state index in [1.54, 1.807) is 11.6 Å². The molecule has 1 aromatic rings. The highest BCUT2D eigenvalue weighted by Gasteiger charge is 2.30. The molecule has 0 aliphatic heterocycles. The average molecular weight is 314 g/mol. The summed E-state index contributed by atoms with van der Waals surface area (Å²) >= 11 is 0. The van der Waals surface area contributed by atoms with E-state index >= 15 is 0 Å². The van der Waals surface area contributed by atoms with Gasteiger partial charge in [0, 0.05) is 12.6 Å². The minimum absolute atomic E-state index is 0.0597. The normalized spacial score (nSPS) is 22.9. The fraction of sp³-hybridized carbons (Fsp3) is 0.786. The number of hydrogen-bond donors (Lipinski definition) is 2. The van der Waals surface area contributed by atoms with Crippen molar-refractivity contribution in [1.82, 2.24) is 19.8 Å². The predicted octanol–water partition coefficient (Wildman–Crippen LogP) is 1.19. The molecule has 1 saturated carbocycles. The number of aryl methyl sites for hydroxylation is 1. The lowest BCUT2D eigenvalue weighted by Crippen LogP contribution is -2.33. The third-order valence-electron chi connectivity index (χ3n) is 4.17. The van der Waals surface area contributed by atoms with Crippen LogP contribution in [0.5, 0.6) is 0 Å². The number of likely N-dealkylation sites (N-methyl/N-ethyl adjacent to an activating group) is 1. The number of sulfonamides is 1. The quantitative estimate of drug-likeness (QED) is 0.827. The summed E-state index contributed by atoms with van der Waals surface area (Å²) in [5.41, 5.74) is 1.28. The number of nitrogens with zero attached hydrogens (tertiary/aromatic N) is 2. The second-order valence-electron chi connectivity index (χ2n) is 6.06. The van der Waals surface area contributed by atoms with Crippen molar-refractivity contribution >= 4 is 10.0 Å². The lowest BCUT2D eigenvalue weighted by molar-refractivity contribution is 0.536. The third kappa shape index (κ3) is 3.64. The average Bonchev–Trinajstić information content (AvgIpc) is 2.90. The largest absolute Gasteiger partial charge is 0.318 e.